The van der Waals surface area contributed by atoms with Gasteiger partial charge in [0.15, 0.2) is 0 Å². The first kappa shape index (κ1) is 17.1. The molecule has 5 nitrogen and oxygen atoms in total. The van der Waals surface area contributed by atoms with E-state index in [-0.39, 0.29) is 12.5 Å². The summed E-state index contributed by atoms with van der Waals surface area (Å²) in [6.07, 6.45) is 6.02. The van der Waals surface area contributed by atoms with E-state index in [1.54, 1.807) is 0 Å². The lowest BCUT2D eigenvalue weighted by molar-refractivity contribution is -0.137. The zero-order chi connectivity index (χ0) is 14.8. The monoisotopic (exact) mass is 302 g/mol. The van der Waals surface area contributed by atoms with E-state index in [1.165, 1.54) is 12.8 Å². The Morgan fingerprint density at radius 3 is 2.75 bits per heavy atom. The van der Waals surface area contributed by atoms with Gasteiger partial charge in [-0.25, -0.2) is 4.79 Å². The molecule has 0 aromatic carbocycles. The molecule has 116 valence electrons. The van der Waals surface area contributed by atoms with Crippen molar-refractivity contribution >= 4 is 23.8 Å². The first-order valence-corrected chi connectivity index (χ1v) is 8.56. The molecule has 2 atom stereocenters. The second kappa shape index (κ2) is 9.91. The Labute approximate surface area is 125 Å². The smallest absolute Gasteiger partial charge is 0.315 e. The summed E-state index contributed by atoms with van der Waals surface area (Å²) in [6, 6.07) is 0.212. The zero-order valence-electron chi connectivity index (χ0n) is 12.2. The molecule has 0 spiro atoms. The van der Waals surface area contributed by atoms with Crippen molar-refractivity contribution in [2.24, 2.45) is 0 Å². The molecule has 1 aliphatic carbocycles. The number of aliphatic carboxylic acids is 1. The number of carboxylic acid groups (broad SMARTS) is 1. The van der Waals surface area contributed by atoms with Crippen LogP contribution in [0.5, 0.6) is 0 Å². The number of carbonyl (C=O) groups excluding carboxylic acids is 1. The fourth-order valence-corrected chi connectivity index (χ4v) is 3.70. The van der Waals surface area contributed by atoms with E-state index in [1.807, 2.05) is 11.8 Å². The van der Waals surface area contributed by atoms with Gasteiger partial charge in [0.05, 0.1) is 0 Å². The Morgan fingerprint density at radius 2 is 2.05 bits per heavy atom. The van der Waals surface area contributed by atoms with Crippen molar-refractivity contribution in [3.05, 3.63) is 0 Å². The molecule has 1 saturated carbocycles. The van der Waals surface area contributed by atoms with Gasteiger partial charge in [-0.05, 0) is 31.4 Å². The Hall–Kier alpha value is -0.910. The van der Waals surface area contributed by atoms with Crippen LogP contribution in [0.2, 0.25) is 0 Å². The normalized spacial score (nSPS) is 21.6. The Morgan fingerprint density at radius 1 is 1.25 bits per heavy atom. The van der Waals surface area contributed by atoms with Crippen LogP contribution in [0.1, 0.15) is 51.9 Å². The number of nitrogens with one attached hydrogen (secondary N) is 2. The molecule has 1 fully saturated rings. The van der Waals surface area contributed by atoms with Crippen molar-refractivity contribution in [3.8, 4) is 0 Å². The third-order valence-electron chi connectivity index (χ3n) is 3.50. The Bertz CT molecular complexity index is 313. The largest absolute Gasteiger partial charge is 0.481 e. The second-order valence-electron chi connectivity index (χ2n) is 5.14. The van der Waals surface area contributed by atoms with Gasteiger partial charge in [-0.1, -0.05) is 19.8 Å². The minimum absolute atomic E-state index is 0.0863. The highest BCUT2D eigenvalue weighted by atomic mass is 32.2. The topological polar surface area (TPSA) is 78.4 Å². The van der Waals surface area contributed by atoms with Crippen LogP contribution in [0, 0.1) is 0 Å². The van der Waals surface area contributed by atoms with Crippen molar-refractivity contribution in [2.75, 3.05) is 12.3 Å². The standard InChI is InChI=1S/C14H26N2O3S/c1-2-20-12-8-6-7-11(12)16-14(19)15-10-5-3-4-9-13(17)18/h11-12H,2-10H2,1H3,(H,17,18)(H2,15,16,19). The molecule has 1 aliphatic rings. The lowest BCUT2D eigenvalue weighted by atomic mass is 10.2. The molecule has 1 rings (SSSR count). The van der Waals surface area contributed by atoms with E-state index in [0.717, 1.165) is 25.0 Å². The van der Waals surface area contributed by atoms with Crippen LogP contribution in [0.15, 0.2) is 0 Å². The summed E-state index contributed by atoms with van der Waals surface area (Å²) in [6.45, 7) is 2.76. The molecule has 20 heavy (non-hydrogen) atoms. The fraction of sp³-hybridized carbons (Fsp3) is 0.857. The summed E-state index contributed by atoms with van der Waals surface area (Å²) >= 11 is 1.93. The fourth-order valence-electron chi connectivity index (χ4n) is 2.50. The average molecular weight is 302 g/mol. The predicted octanol–water partition coefficient (Wildman–Crippen LogP) is 2.60. The average Bonchev–Trinajstić information content (AvgIpc) is 2.81. The van der Waals surface area contributed by atoms with Crippen LogP contribution in [0.3, 0.4) is 0 Å². The first-order valence-electron chi connectivity index (χ1n) is 7.51. The molecule has 0 saturated heterocycles. The van der Waals surface area contributed by atoms with E-state index in [9.17, 15) is 9.59 Å². The summed E-state index contributed by atoms with van der Waals surface area (Å²) in [5.74, 6) is 0.338. The van der Waals surface area contributed by atoms with Crippen LogP contribution in [0.4, 0.5) is 4.79 Å². The maximum absolute atomic E-state index is 11.8. The maximum Gasteiger partial charge on any atom is 0.315 e. The zero-order valence-corrected chi connectivity index (χ0v) is 13.0. The highest BCUT2D eigenvalue weighted by Crippen LogP contribution is 2.29. The van der Waals surface area contributed by atoms with Gasteiger partial charge in [-0.15, -0.1) is 0 Å². The number of hydrogen-bond donors (Lipinski definition) is 3. The minimum Gasteiger partial charge on any atom is -0.481 e. The van der Waals surface area contributed by atoms with Crippen molar-refractivity contribution in [1.29, 1.82) is 0 Å². The molecule has 0 aromatic heterocycles. The molecular formula is C14H26N2O3S. The number of amides is 2. The first-order chi connectivity index (χ1) is 9.63. The molecule has 6 heteroatoms. The number of thioether (sulfide) groups is 1. The number of hydrogen-bond acceptors (Lipinski definition) is 3. The molecule has 3 N–H and O–H groups in total. The summed E-state index contributed by atoms with van der Waals surface area (Å²) in [4.78, 5) is 22.1. The van der Waals surface area contributed by atoms with Crippen LogP contribution < -0.4 is 10.6 Å². The summed E-state index contributed by atoms with van der Waals surface area (Å²) in [7, 11) is 0. The van der Waals surface area contributed by atoms with E-state index < -0.39 is 5.97 Å². The van der Waals surface area contributed by atoms with Gasteiger partial charge in [0.2, 0.25) is 0 Å². The summed E-state index contributed by atoms with van der Waals surface area (Å²) < 4.78 is 0. The lowest BCUT2D eigenvalue weighted by Gasteiger charge is -2.20. The quantitative estimate of drug-likeness (QED) is 0.572. The van der Waals surface area contributed by atoms with Crippen LogP contribution in [0.25, 0.3) is 0 Å². The van der Waals surface area contributed by atoms with Gasteiger partial charge in [0, 0.05) is 24.3 Å². The second-order valence-corrected chi connectivity index (χ2v) is 6.65. The third kappa shape index (κ3) is 7.03. The Balaban J connectivity index is 2.06. The molecule has 2 amide bonds. The van der Waals surface area contributed by atoms with Crippen LogP contribution in [-0.4, -0.2) is 40.7 Å². The van der Waals surface area contributed by atoms with Crippen molar-refractivity contribution < 1.29 is 14.7 Å². The number of carbonyl (C=O) groups is 2. The minimum atomic E-state index is -0.753. The highest BCUT2D eigenvalue weighted by molar-refractivity contribution is 7.99. The van der Waals surface area contributed by atoms with Gasteiger partial charge in [-0.2, -0.15) is 11.8 Å². The van der Waals surface area contributed by atoms with Gasteiger partial charge >= 0.3 is 12.0 Å². The van der Waals surface area contributed by atoms with Gasteiger partial charge in [-0.3, -0.25) is 4.79 Å². The SMILES string of the molecule is CCSC1CCCC1NC(=O)NCCCCCC(=O)O. The molecule has 0 radical (unpaired) electrons. The van der Waals surface area contributed by atoms with Gasteiger partial charge in [0.1, 0.15) is 0 Å². The molecule has 0 aliphatic heterocycles. The Kier molecular flexibility index (Phi) is 8.49. The molecule has 0 aromatic rings. The van der Waals surface area contributed by atoms with Crippen LogP contribution in [-0.2, 0) is 4.79 Å². The third-order valence-corrected chi connectivity index (χ3v) is 4.83. The number of unbranched alkanes of at least 4 members (excludes halogenated alkanes) is 2. The summed E-state index contributed by atoms with van der Waals surface area (Å²) in [5, 5.41) is 15.0. The van der Waals surface area contributed by atoms with E-state index in [0.29, 0.717) is 24.3 Å². The van der Waals surface area contributed by atoms with Gasteiger partial charge in [0.25, 0.3) is 0 Å². The van der Waals surface area contributed by atoms with Crippen molar-refractivity contribution in [1.82, 2.24) is 10.6 Å². The molecular weight excluding hydrogens is 276 g/mol. The maximum atomic E-state index is 11.8. The van der Waals surface area contributed by atoms with Crippen molar-refractivity contribution in [2.45, 2.75) is 63.2 Å². The van der Waals surface area contributed by atoms with E-state index in [2.05, 4.69) is 17.6 Å². The van der Waals surface area contributed by atoms with Crippen LogP contribution >= 0.6 is 11.8 Å². The number of carboxylic acids is 1. The molecule has 0 bridgehead atoms. The lowest BCUT2D eigenvalue weighted by Crippen LogP contribution is -2.44. The molecule has 2 unspecified atom stereocenters. The van der Waals surface area contributed by atoms with Crippen molar-refractivity contribution in [3.63, 3.8) is 0 Å². The number of rotatable bonds is 9. The van der Waals surface area contributed by atoms with E-state index in [4.69, 9.17) is 5.11 Å². The number of urea groups is 1. The summed E-state index contributed by atoms with van der Waals surface area (Å²) in [5.41, 5.74) is 0. The van der Waals surface area contributed by atoms with E-state index >= 15 is 0 Å². The van der Waals surface area contributed by atoms with Gasteiger partial charge < -0.3 is 15.7 Å². The predicted molar refractivity (Wildman–Crippen MR) is 82.2 cm³/mol. The highest BCUT2D eigenvalue weighted by Gasteiger charge is 2.28. The molecule has 0 heterocycles.